The zero-order chi connectivity index (χ0) is 12.8. The fraction of sp³-hybridized carbons (Fsp3) is 0.133. The molecule has 0 amide bonds. The van der Waals surface area contributed by atoms with Crippen LogP contribution >= 0.6 is 0 Å². The Morgan fingerprint density at radius 3 is 2.61 bits per heavy atom. The average molecular weight is 242 g/mol. The molecule has 92 valence electrons. The van der Waals surface area contributed by atoms with Gasteiger partial charge in [0.25, 0.3) is 0 Å². The van der Waals surface area contributed by atoms with Crippen molar-refractivity contribution in [2.75, 3.05) is 7.11 Å². The molecule has 1 aliphatic rings. The molecule has 0 fully saturated rings. The third-order valence-corrected chi connectivity index (χ3v) is 2.57. The van der Waals surface area contributed by atoms with Crippen LogP contribution in [-0.4, -0.2) is 13.4 Å². The second kappa shape index (κ2) is 5.87. The molecule has 3 rings (SSSR count). The fourth-order valence-electron chi connectivity index (χ4n) is 1.66. The monoisotopic (exact) mass is 242 g/mol. The van der Waals surface area contributed by atoms with E-state index >= 15 is 0 Å². The summed E-state index contributed by atoms with van der Waals surface area (Å²) in [5.41, 5.74) is 1.87. The number of aldehydes is 1. The molecular formula is C15H14O3. The maximum atomic E-state index is 10.3. The van der Waals surface area contributed by atoms with Gasteiger partial charge in [0, 0.05) is 0 Å². The van der Waals surface area contributed by atoms with E-state index in [-0.39, 0.29) is 0 Å². The largest absolute Gasteiger partial charge is 0.496 e. The van der Waals surface area contributed by atoms with Crippen LogP contribution in [0.25, 0.3) is 0 Å². The molecule has 18 heavy (non-hydrogen) atoms. The molecule has 2 aromatic rings. The molecule has 0 aromatic heterocycles. The molecular weight excluding hydrogens is 228 g/mol. The summed E-state index contributed by atoms with van der Waals surface area (Å²) in [4.78, 5) is 10.3. The third kappa shape index (κ3) is 2.88. The first-order valence-corrected chi connectivity index (χ1v) is 5.63. The van der Waals surface area contributed by atoms with Gasteiger partial charge in [-0.3, -0.25) is 4.79 Å². The normalized spacial score (nSPS) is 10.9. The minimum Gasteiger partial charge on any atom is -0.496 e. The molecule has 3 nitrogen and oxygen atoms in total. The zero-order valence-electron chi connectivity index (χ0n) is 10.1. The molecule has 0 saturated carbocycles. The van der Waals surface area contributed by atoms with E-state index < -0.39 is 0 Å². The minimum atomic E-state index is 0.588. The van der Waals surface area contributed by atoms with Crippen molar-refractivity contribution in [1.29, 1.82) is 0 Å². The average Bonchev–Trinajstić information content (AvgIpc) is 2.78. The first kappa shape index (κ1) is 12.2. The van der Waals surface area contributed by atoms with Crippen LogP contribution in [0.2, 0.25) is 0 Å². The Kier molecular flexibility index (Phi) is 3.97. The highest BCUT2D eigenvalue weighted by molar-refractivity contribution is 5.79. The maximum absolute atomic E-state index is 10.3. The number of carbonyl (C=O) groups is 1. The summed E-state index contributed by atoms with van der Waals surface area (Å²) in [6.07, 6.45) is 0.777. The van der Waals surface area contributed by atoms with Gasteiger partial charge in [-0.1, -0.05) is 24.3 Å². The molecule has 0 saturated heterocycles. The number of fused-ring (bicyclic) bond motifs is 2. The first-order valence-electron chi connectivity index (χ1n) is 5.63. The second-order valence-electron chi connectivity index (χ2n) is 3.80. The lowest BCUT2D eigenvalue weighted by Gasteiger charge is -1.99. The minimum absolute atomic E-state index is 0.588. The van der Waals surface area contributed by atoms with Crippen LogP contribution in [0.3, 0.4) is 0 Å². The molecule has 0 aliphatic carbocycles. The SMILES string of the molecule is COc1ccccc1C=O.c1cc2cc(c1)OC2. The van der Waals surface area contributed by atoms with Gasteiger partial charge in [-0.05, 0) is 29.8 Å². The number of benzene rings is 2. The van der Waals surface area contributed by atoms with Gasteiger partial charge in [0.15, 0.2) is 6.29 Å². The molecule has 3 heteroatoms. The van der Waals surface area contributed by atoms with Crippen LogP contribution in [0.1, 0.15) is 15.9 Å². The van der Waals surface area contributed by atoms with Crippen molar-refractivity contribution in [3.63, 3.8) is 0 Å². The molecule has 2 bridgehead atoms. The van der Waals surface area contributed by atoms with Gasteiger partial charge in [-0.25, -0.2) is 0 Å². The summed E-state index contributed by atoms with van der Waals surface area (Å²) in [5.74, 6) is 1.63. The summed E-state index contributed by atoms with van der Waals surface area (Å²) in [7, 11) is 1.54. The lowest BCUT2D eigenvalue weighted by atomic mass is 10.2. The number of hydrogen-bond acceptors (Lipinski definition) is 3. The molecule has 1 heterocycles. The zero-order valence-corrected chi connectivity index (χ0v) is 10.1. The van der Waals surface area contributed by atoms with E-state index in [0.717, 1.165) is 18.6 Å². The highest BCUT2D eigenvalue weighted by atomic mass is 16.5. The number of methoxy groups -OCH3 is 1. The van der Waals surface area contributed by atoms with Crippen LogP contribution in [0.4, 0.5) is 0 Å². The summed E-state index contributed by atoms with van der Waals surface area (Å²) in [6, 6.07) is 15.2. The molecule has 2 aromatic carbocycles. The van der Waals surface area contributed by atoms with Crippen molar-refractivity contribution in [3.05, 3.63) is 59.7 Å². The topological polar surface area (TPSA) is 35.5 Å². The fourth-order valence-corrected chi connectivity index (χ4v) is 1.66. The number of hydrogen-bond donors (Lipinski definition) is 0. The predicted molar refractivity (Wildman–Crippen MR) is 69.2 cm³/mol. The number of rotatable bonds is 2. The van der Waals surface area contributed by atoms with E-state index in [2.05, 4.69) is 12.1 Å². The Labute approximate surface area is 106 Å². The van der Waals surface area contributed by atoms with Gasteiger partial charge in [-0.15, -0.1) is 0 Å². The Morgan fingerprint density at radius 2 is 2.00 bits per heavy atom. The predicted octanol–water partition coefficient (Wildman–Crippen LogP) is 3.09. The molecule has 0 unspecified atom stereocenters. The Hall–Kier alpha value is -2.29. The first-order chi connectivity index (χ1) is 8.83. The van der Waals surface area contributed by atoms with Crippen LogP contribution < -0.4 is 9.47 Å². The van der Waals surface area contributed by atoms with E-state index in [4.69, 9.17) is 9.47 Å². The van der Waals surface area contributed by atoms with E-state index in [1.165, 1.54) is 5.56 Å². The van der Waals surface area contributed by atoms with Crippen molar-refractivity contribution in [3.8, 4) is 11.5 Å². The molecule has 0 N–H and O–H groups in total. The lowest BCUT2D eigenvalue weighted by Crippen LogP contribution is -1.88. The van der Waals surface area contributed by atoms with Gasteiger partial charge >= 0.3 is 0 Å². The smallest absolute Gasteiger partial charge is 0.153 e. The summed E-state index contributed by atoms with van der Waals surface area (Å²) in [6.45, 7) is 0.766. The van der Waals surface area contributed by atoms with Crippen LogP contribution in [-0.2, 0) is 6.61 Å². The molecule has 0 atom stereocenters. The van der Waals surface area contributed by atoms with Crippen molar-refractivity contribution >= 4 is 6.29 Å². The van der Waals surface area contributed by atoms with Crippen LogP contribution in [0.5, 0.6) is 11.5 Å². The molecule has 0 radical (unpaired) electrons. The molecule has 1 aliphatic heterocycles. The van der Waals surface area contributed by atoms with Crippen LogP contribution in [0.15, 0.2) is 48.5 Å². The third-order valence-electron chi connectivity index (χ3n) is 2.57. The van der Waals surface area contributed by atoms with Crippen LogP contribution in [0, 0.1) is 0 Å². The summed E-state index contributed by atoms with van der Waals surface area (Å²) in [5, 5.41) is 0. The molecule has 0 spiro atoms. The van der Waals surface area contributed by atoms with Crippen molar-refractivity contribution < 1.29 is 14.3 Å². The second-order valence-corrected chi connectivity index (χ2v) is 3.80. The van der Waals surface area contributed by atoms with Gasteiger partial charge < -0.3 is 9.47 Å². The van der Waals surface area contributed by atoms with E-state index in [9.17, 15) is 4.79 Å². The van der Waals surface area contributed by atoms with Crippen molar-refractivity contribution in [2.24, 2.45) is 0 Å². The highest BCUT2D eigenvalue weighted by Crippen LogP contribution is 2.20. The van der Waals surface area contributed by atoms with E-state index in [0.29, 0.717) is 11.3 Å². The van der Waals surface area contributed by atoms with Crippen molar-refractivity contribution in [2.45, 2.75) is 6.61 Å². The Balaban J connectivity index is 0.000000136. The Morgan fingerprint density at radius 1 is 1.17 bits per heavy atom. The van der Waals surface area contributed by atoms with E-state index in [1.807, 2.05) is 18.2 Å². The van der Waals surface area contributed by atoms with Crippen molar-refractivity contribution in [1.82, 2.24) is 0 Å². The Bertz CT molecular complexity index is 516. The standard InChI is InChI=1S/C8H8O2.C7H6O/c1-10-8-5-3-2-4-7(8)6-9;1-2-6-4-7(3-1)8-5-6/h2-6H,1H3;1-4H,5H2. The van der Waals surface area contributed by atoms with Gasteiger partial charge in [0.1, 0.15) is 18.1 Å². The lowest BCUT2D eigenvalue weighted by molar-refractivity contribution is 0.112. The number of carbonyl (C=O) groups excluding carboxylic acids is 1. The highest BCUT2D eigenvalue weighted by Gasteiger charge is 2.03. The number of para-hydroxylation sites is 1. The summed E-state index contributed by atoms with van der Waals surface area (Å²) >= 11 is 0. The number of ether oxygens (including phenoxy) is 2. The van der Waals surface area contributed by atoms with E-state index in [1.54, 1.807) is 25.3 Å². The van der Waals surface area contributed by atoms with Gasteiger partial charge in [-0.2, -0.15) is 0 Å². The quantitative estimate of drug-likeness (QED) is 0.759. The van der Waals surface area contributed by atoms with Gasteiger partial charge in [0.05, 0.1) is 12.7 Å². The van der Waals surface area contributed by atoms with Gasteiger partial charge in [0.2, 0.25) is 0 Å². The summed E-state index contributed by atoms with van der Waals surface area (Å²) < 4.78 is 10.1. The maximum Gasteiger partial charge on any atom is 0.153 e.